The number of hydrogen-bond donors (Lipinski definition) is 7. The molecule has 0 aliphatic carbocycles. The Hall–Kier alpha value is -2.22. The highest BCUT2D eigenvalue weighted by Gasteiger charge is 2.45. The molecule has 6 unspecified atom stereocenters. The van der Waals surface area contributed by atoms with E-state index in [1.165, 1.54) is 17.2 Å². The average molecular weight is 633 g/mol. The van der Waals surface area contributed by atoms with Gasteiger partial charge in [-0.25, -0.2) is 15.0 Å². The van der Waals surface area contributed by atoms with Crippen LogP contribution in [0.3, 0.4) is 0 Å². The quantitative estimate of drug-likeness (QED) is 0.146. The van der Waals surface area contributed by atoms with Crippen molar-refractivity contribution in [1.29, 1.82) is 0 Å². The van der Waals surface area contributed by atoms with Gasteiger partial charge < -0.3 is 82.7 Å². The molecule has 3 aromatic rings. The largest absolute Gasteiger partial charge is 0.806 e. The minimum atomic E-state index is -6.57. The molecule has 1 fully saturated rings. The summed E-state index contributed by atoms with van der Waals surface area (Å²) in [5.41, 5.74) is 1.43. The van der Waals surface area contributed by atoms with Crippen molar-refractivity contribution in [3.05, 3.63) is 48.5 Å². The van der Waals surface area contributed by atoms with Crippen molar-refractivity contribution in [2.24, 2.45) is 0 Å². The van der Waals surface area contributed by atoms with Gasteiger partial charge in [-0.15, -0.1) is 0 Å². The molecule has 20 nitrogen and oxygen atoms in total. The Labute approximate surface area is 227 Å². The summed E-state index contributed by atoms with van der Waals surface area (Å²) in [4.78, 5) is 57.2. The highest BCUT2D eigenvalue weighted by atomic mass is 32.5. The van der Waals surface area contributed by atoms with Crippen LogP contribution in [0, 0.1) is 0 Å². The van der Waals surface area contributed by atoms with E-state index in [4.69, 9.17) is 4.74 Å². The van der Waals surface area contributed by atoms with Crippen LogP contribution in [0.15, 0.2) is 43.0 Å². The lowest BCUT2D eigenvalue weighted by Crippen LogP contribution is -2.34. The summed E-state index contributed by atoms with van der Waals surface area (Å²) in [7, 11) is -12.8. The Balaban J connectivity index is 0.00000380. The number of hydrogen-bond acceptors (Lipinski definition) is 15. The number of aromatic nitrogens is 4. The minimum Gasteiger partial charge on any atom is -0.806 e. The van der Waals surface area contributed by atoms with Crippen LogP contribution in [-0.2, 0) is 29.5 Å². The van der Waals surface area contributed by atoms with Gasteiger partial charge in [-0.3, -0.25) is 4.57 Å². The van der Waals surface area contributed by atoms with Gasteiger partial charge in [0.25, 0.3) is 0 Å². The second-order valence-corrected chi connectivity index (χ2v) is 17.8. The van der Waals surface area contributed by atoms with E-state index in [2.05, 4.69) is 24.8 Å². The molecule has 0 radical (unpaired) electrons. The van der Waals surface area contributed by atoms with Gasteiger partial charge in [0.1, 0.15) is 31.4 Å². The fourth-order valence-electron chi connectivity index (χ4n) is 3.42. The number of anilines is 1. The molecule has 6 atom stereocenters. The number of nitrogens with zero attached hydrogens (tertiary/aromatic N) is 4. The van der Waals surface area contributed by atoms with Gasteiger partial charge in [0.15, 0.2) is 30.5 Å². The third-order valence-corrected chi connectivity index (χ3v) is 15.0. The summed E-state index contributed by atoms with van der Waals surface area (Å²) >= 11 is 0. The predicted molar refractivity (Wildman–Crippen MR) is 138 cm³/mol. The van der Waals surface area contributed by atoms with Gasteiger partial charge in [0.05, 0.1) is 12.9 Å². The molecular weight excluding hydrogens is 599 g/mol. The first-order valence-corrected chi connectivity index (χ1v) is 16.2. The van der Waals surface area contributed by atoms with Crippen LogP contribution in [-0.4, -0.2) is 54.7 Å². The van der Waals surface area contributed by atoms with Crippen LogP contribution < -0.4 is 49.5 Å². The van der Waals surface area contributed by atoms with E-state index >= 15 is 0 Å². The van der Waals surface area contributed by atoms with Crippen LogP contribution in [0.4, 0.5) is 5.82 Å². The zero-order valence-corrected chi connectivity index (χ0v) is 24.6. The molecule has 1 aliphatic rings. The van der Waals surface area contributed by atoms with Crippen molar-refractivity contribution in [1.82, 2.24) is 44.1 Å². The number of quaternary nitrogens is 4. The van der Waals surface area contributed by atoms with Crippen molar-refractivity contribution in [3.8, 4) is 0 Å². The molecule has 23 heteroatoms. The Morgan fingerprint density at radius 2 is 1.57 bits per heavy atom. The monoisotopic (exact) mass is 633 g/mol. The lowest BCUT2D eigenvalue weighted by molar-refractivity contribution is -0.311. The summed E-state index contributed by atoms with van der Waals surface area (Å²) in [6.07, 6.45) is -4.02. The predicted octanol–water partition coefficient (Wildman–Crippen LogP) is -0.485. The second-order valence-electron chi connectivity index (χ2n) is 7.66. The fourth-order valence-corrected chi connectivity index (χ4v) is 8.49. The summed E-state index contributed by atoms with van der Waals surface area (Å²) in [6.45, 7) is -7.35. The van der Waals surface area contributed by atoms with Crippen molar-refractivity contribution in [2.45, 2.75) is 31.1 Å². The van der Waals surface area contributed by atoms with E-state index in [9.17, 15) is 43.5 Å². The topological polar surface area (TPSA) is 404 Å². The van der Waals surface area contributed by atoms with E-state index < -0.39 is 52.5 Å². The van der Waals surface area contributed by atoms with Crippen molar-refractivity contribution in [2.75, 3.05) is 11.9 Å². The number of benzene rings is 1. The van der Waals surface area contributed by atoms with Crippen LogP contribution >= 0.6 is 21.3 Å². The normalized spacial score (nSPS) is 23.4. The van der Waals surface area contributed by atoms with Gasteiger partial charge in [-0.1, -0.05) is 30.3 Å². The van der Waals surface area contributed by atoms with Crippen molar-refractivity contribution >= 4 is 38.3 Å². The Bertz CT molecular complexity index is 1390. The summed E-state index contributed by atoms with van der Waals surface area (Å²) < 4.78 is 44.8. The third kappa shape index (κ3) is 7.15. The molecule has 1 saturated heterocycles. The molecule has 228 valence electrons. The molecule has 1 aliphatic heterocycles. The zero-order valence-electron chi connectivity index (χ0n) is 22.0. The maximum absolute atomic E-state index is 11.7. The van der Waals surface area contributed by atoms with Gasteiger partial charge in [0.2, 0.25) is 0 Å². The van der Waals surface area contributed by atoms with Gasteiger partial charge >= 0.3 is 0 Å². The molecule has 19 N–H and O–H groups in total. The highest BCUT2D eigenvalue weighted by Crippen LogP contribution is 2.87. The third-order valence-electron chi connectivity index (χ3n) is 5.29. The number of nitrogens with one attached hydrogen (secondary N) is 1. The van der Waals surface area contributed by atoms with Crippen molar-refractivity contribution in [3.63, 3.8) is 0 Å². The molecule has 1 aromatic carbocycles. The zero-order chi connectivity index (χ0) is 26.3. The number of rotatable bonds is 9. The Morgan fingerprint density at radius 1 is 0.950 bits per heavy atom. The van der Waals surface area contributed by atoms with E-state index in [1.807, 2.05) is 30.3 Å². The van der Waals surface area contributed by atoms with Gasteiger partial charge in [-0.05, 0) is 12.8 Å². The average Bonchev–Trinajstić information content (AvgIpc) is 3.37. The number of fused-ring (bicyclic) bond motifs is 1. The van der Waals surface area contributed by atoms with E-state index in [1.54, 1.807) is 0 Å². The molecule has 0 bridgehead atoms. The first kappa shape index (κ1) is 37.8. The number of aliphatic hydroxyl groups excluding tert-OH is 2. The van der Waals surface area contributed by atoms with Crippen LogP contribution in [0.1, 0.15) is 11.8 Å². The number of imidazole rings is 1. The van der Waals surface area contributed by atoms with Crippen LogP contribution in [0.2, 0.25) is 0 Å². The van der Waals surface area contributed by atoms with E-state index in [0.717, 1.165) is 5.56 Å². The summed E-state index contributed by atoms with van der Waals surface area (Å²) in [5, 5.41) is 23.8. The molecule has 0 amide bonds. The van der Waals surface area contributed by atoms with Crippen molar-refractivity contribution < 1.29 is 52.7 Å². The fraction of sp³-hybridized carbons (Fsp3) is 0.353. The Kier molecular flexibility index (Phi) is 13.3. The smallest absolute Gasteiger partial charge is 0.184 e. The molecular formula is C17H34N9O11P3. The highest BCUT2D eigenvalue weighted by molar-refractivity contribution is 8.58. The van der Waals surface area contributed by atoms with Crippen LogP contribution in [0.5, 0.6) is 0 Å². The lowest BCUT2D eigenvalue weighted by Gasteiger charge is -2.48. The van der Waals surface area contributed by atoms with E-state index in [-0.39, 0.29) is 35.8 Å². The number of aliphatic hydroxyl groups is 2. The van der Waals surface area contributed by atoms with Gasteiger partial charge in [0, 0.05) is 6.54 Å². The SMILES string of the molecule is O=P([O-])([O-])P(=O)([O-])P(=O)([O-])OCC1OC(n2cnc3c(NCc4ccccc4)ncnc32)C(O)C1O.[NH4+].[NH4+].[NH4+].[NH4+]. The van der Waals surface area contributed by atoms with E-state index in [0.29, 0.717) is 12.4 Å². The molecule has 2 aromatic heterocycles. The standard InChI is InChI=1S/C17H22N5O11P3.4H3N/c23-13-11(7-32-35(28,29)36(30,31)34(25,26)27)33-17(14(13)24)22-9-21-12-15(19-8-20-16(12)22)18-6-10-4-2-1-3-5-10;;;;/h1-5,8-9,11,13-14,17,23-24H,6-7H2,(H,28,29)(H,30,31)(H,18,19,20)(H2,25,26,27);4*1H3. The van der Waals surface area contributed by atoms with Gasteiger partial charge in [-0.2, -0.15) is 0 Å². The first-order chi connectivity index (χ1) is 16.8. The molecule has 40 heavy (non-hydrogen) atoms. The number of ether oxygens (including phenoxy) is 1. The summed E-state index contributed by atoms with van der Waals surface area (Å²) in [5.74, 6) is 0.355. The van der Waals surface area contributed by atoms with Crippen LogP contribution in [0.25, 0.3) is 11.2 Å². The summed E-state index contributed by atoms with van der Waals surface area (Å²) in [6, 6.07) is 9.40. The minimum absolute atomic E-state index is 0. The maximum atomic E-state index is 11.7. The molecule has 0 spiro atoms. The maximum Gasteiger partial charge on any atom is 0.184 e. The Morgan fingerprint density at radius 3 is 2.17 bits per heavy atom. The molecule has 3 heterocycles. The first-order valence-electron chi connectivity index (χ1n) is 10.1. The molecule has 0 saturated carbocycles. The second kappa shape index (κ2) is 14.1. The lowest BCUT2D eigenvalue weighted by atomic mass is 10.1. The molecule has 4 rings (SSSR count).